The number of carboxylic acid groups (broad SMARTS) is 1. The first-order valence-corrected chi connectivity index (χ1v) is 7.50. The van der Waals surface area contributed by atoms with Crippen molar-refractivity contribution in [1.29, 1.82) is 0 Å². The first-order chi connectivity index (χ1) is 9.56. The maximum Gasteiger partial charge on any atom is 0.324 e. The minimum Gasteiger partial charge on any atom is -0.480 e. The van der Waals surface area contributed by atoms with Crippen LogP contribution in [0.5, 0.6) is 0 Å². The Kier molecular flexibility index (Phi) is 4.69. The molecule has 0 radical (unpaired) electrons. The molecule has 9 heteroatoms. The highest BCUT2D eigenvalue weighted by atomic mass is 32.2. The van der Waals surface area contributed by atoms with Crippen LogP contribution in [-0.2, 0) is 14.8 Å². The summed E-state index contributed by atoms with van der Waals surface area (Å²) in [6, 6.07) is 4.85. The lowest BCUT2D eigenvalue weighted by Crippen LogP contribution is -2.52. The van der Waals surface area contributed by atoms with Gasteiger partial charge < -0.3 is 5.11 Å². The molecule has 0 aliphatic rings. The van der Waals surface area contributed by atoms with Crippen LogP contribution in [-0.4, -0.2) is 40.8 Å². The number of rotatable bonds is 6. The van der Waals surface area contributed by atoms with Crippen molar-refractivity contribution in [2.45, 2.75) is 31.2 Å². The number of benzene rings is 1. The van der Waals surface area contributed by atoms with E-state index < -0.39 is 37.0 Å². The van der Waals surface area contributed by atoms with E-state index in [-0.39, 0.29) is 6.54 Å². The van der Waals surface area contributed by atoms with Gasteiger partial charge in [-0.25, -0.2) is 8.42 Å². The molecule has 0 fully saturated rings. The maximum absolute atomic E-state index is 12.6. The number of carbonyl (C=O) groups is 1. The van der Waals surface area contributed by atoms with E-state index in [0.717, 1.165) is 16.4 Å². The van der Waals surface area contributed by atoms with Crippen molar-refractivity contribution in [3.63, 3.8) is 0 Å². The van der Waals surface area contributed by atoms with Crippen LogP contribution < -0.4 is 0 Å². The molecule has 1 aromatic rings. The number of hydrogen-bond acceptors (Lipinski definition) is 5. The lowest BCUT2D eigenvalue weighted by atomic mass is 10.1. The predicted octanol–water partition coefficient (Wildman–Crippen LogP) is 1.47. The number of sulfonamides is 1. The summed E-state index contributed by atoms with van der Waals surface area (Å²) in [4.78, 5) is 20.9. The van der Waals surface area contributed by atoms with Gasteiger partial charge in [-0.15, -0.1) is 0 Å². The third-order valence-electron chi connectivity index (χ3n) is 3.06. The second-order valence-corrected chi connectivity index (χ2v) is 6.59. The molecule has 116 valence electrons. The van der Waals surface area contributed by atoms with Gasteiger partial charge in [0.2, 0.25) is 0 Å². The molecule has 0 aliphatic carbocycles. The Morgan fingerprint density at radius 3 is 2.33 bits per heavy atom. The molecule has 0 bridgehead atoms. The van der Waals surface area contributed by atoms with Gasteiger partial charge in [0, 0.05) is 12.6 Å². The van der Waals surface area contributed by atoms with E-state index in [0.29, 0.717) is 0 Å². The second kappa shape index (κ2) is 5.78. The summed E-state index contributed by atoms with van der Waals surface area (Å²) in [6.45, 7) is 3.79. The smallest absolute Gasteiger partial charge is 0.324 e. The number of hydrogen-bond donors (Lipinski definition) is 1. The SMILES string of the molecule is CCN(C(C)(C)C(=O)O)S(=O)(=O)c1ccccc1[N+](=O)[O-]. The zero-order valence-corrected chi connectivity index (χ0v) is 12.6. The fraction of sp³-hybridized carbons (Fsp3) is 0.417. The van der Waals surface area contributed by atoms with Crippen LogP contribution in [0.15, 0.2) is 29.2 Å². The zero-order chi connectivity index (χ0) is 16.4. The quantitative estimate of drug-likeness (QED) is 0.627. The molecule has 8 nitrogen and oxygen atoms in total. The molecule has 0 aliphatic heterocycles. The molecule has 0 spiro atoms. The molecule has 21 heavy (non-hydrogen) atoms. The topological polar surface area (TPSA) is 118 Å². The van der Waals surface area contributed by atoms with Crippen molar-refractivity contribution in [3.8, 4) is 0 Å². The molecule has 0 saturated carbocycles. The Labute approximate surface area is 122 Å². The van der Waals surface area contributed by atoms with E-state index in [1.165, 1.54) is 32.9 Å². The van der Waals surface area contributed by atoms with Crippen molar-refractivity contribution in [2.75, 3.05) is 6.54 Å². The average molecular weight is 316 g/mol. The first kappa shape index (κ1) is 17.1. The minimum absolute atomic E-state index is 0.131. The molecule has 1 aromatic carbocycles. The van der Waals surface area contributed by atoms with Crippen molar-refractivity contribution < 1.29 is 23.2 Å². The van der Waals surface area contributed by atoms with Gasteiger partial charge >= 0.3 is 5.97 Å². The van der Waals surface area contributed by atoms with Crippen molar-refractivity contribution >= 4 is 21.7 Å². The molecule has 1 rings (SSSR count). The largest absolute Gasteiger partial charge is 0.480 e. The normalized spacial score (nSPS) is 12.4. The van der Waals surface area contributed by atoms with Crippen LogP contribution >= 0.6 is 0 Å². The summed E-state index contributed by atoms with van der Waals surface area (Å²) in [7, 11) is -4.32. The number of likely N-dealkylation sites (N-methyl/N-ethyl adjacent to an activating group) is 1. The highest BCUT2D eigenvalue weighted by Gasteiger charge is 2.43. The van der Waals surface area contributed by atoms with Crippen LogP contribution in [0.25, 0.3) is 0 Å². The average Bonchev–Trinajstić information content (AvgIpc) is 2.38. The highest BCUT2D eigenvalue weighted by Crippen LogP contribution is 2.30. The molecule has 0 aromatic heterocycles. The summed E-state index contributed by atoms with van der Waals surface area (Å²) in [6.07, 6.45) is 0. The second-order valence-electron chi connectivity index (χ2n) is 4.76. The fourth-order valence-corrected chi connectivity index (χ4v) is 3.83. The standard InChI is InChI=1S/C12H16N2O6S/c1-4-13(12(2,3)11(15)16)21(19,20)10-8-6-5-7-9(10)14(17)18/h5-8H,4H2,1-3H3,(H,15,16). The third-order valence-corrected chi connectivity index (χ3v) is 5.26. The van der Waals surface area contributed by atoms with Gasteiger partial charge in [0.15, 0.2) is 4.90 Å². The monoisotopic (exact) mass is 316 g/mol. The third kappa shape index (κ3) is 3.03. The maximum atomic E-state index is 12.6. The summed E-state index contributed by atoms with van der Waals surface area (Å²) >= 11 is 0. The number of aliphatic carboxylic acids is 1. The molecule has 0 atom stereocenters. The Hall–Kier alpha value is -2.00. The molecule has 1 N–H and O–H groups in total. The van der Waals surface area contributed by atoms with Crippen LogP contribution in [0.2, 0.25) is 0 Å². The van der Waals surface area contributed by atoms with E-state index in [2.05, 4.69) is 0 Å². The molecule has 0 amide bonds. The van der Waals surface area contributed by atoms with Gasteiger partial charge in [0.25, 0.3) is 15.7 Å². The van der Waals surface area contributed by atoms with E-state index in [4.69, 9.17) is 0 Å². The summed E-state index contributed by atoms with van der Waals surface area (Å²) in [5, 5.41) is 20.2. The fourth-order valence-electron chi connectivity index (χ4n) is 1.92. The summed E-state index contributed by atoms with van der Waals surface area (Å²) in [5.74, 6) is -1.34. The van der Waals surface area contributed by atoms with Crippen molar-refractivity contribution in [1.82, 2.24) is 4.31 Å². The van der Waals surface area contributed by atoms with E-state index in [9.17, 15) is 28.4 Å². The Morgan fingerprint density at radius 1 is 1.38 bits per heavy atom. The zero-order valence-electron chi connectivity index (χ0n) is 11.8. The number of nitrogens with zero attached hydrogens (tertiary/aromatic N) is 2. The molecule has 0 unspecified atom stereocenters. The lowest BCUT2D eigenvalue weighted by Gasteiger charge is -2.32. The van der Waals surface area contributed by atoms with Gasteiger partial charge in [-0.05, 0) is 19.9 Å². The van der Waals surface area contributed by atoms with E-state index in [1.807, 2.05) is 0 Å². The summed E-state index contributed by atoms with van der Waals surface area (Å²) in [5.41, 5.74) is -2.31. The van der Waals surface area contributed by atoms with Crippen LogP contribution in [0, 0.1) is 10.1 Å². The first-order valence-electron chi connectivity index (χ1n) is 6.06. The Morgan fingerprint density at radius 2 is 1.90 bits per heavy atom. The van der Waals surface area contributed by atoms with Crippen molar-refractivity contribution in [2.24, 2.45) is 0 Å². The van der Waals surface area contributed by atoms with Gasteiger partial charge in [-0.1, -0.05) is 19.1 Å². The predicted molar refractivity (Wildman–Crippen MR) is 74.4 cm³/mol. The molecular formula is C12H16N2O6S. The van der Waals surface area contributed by atoms with E-state index in [1.54, 1.807) is 0 Å². The lowest BCUT2D eigenvalue weighted by molar-refractivity contribution is -0.387. The van der Waals surface area contributed by atoms with Crippen LogP contribution in [0.1, 0.15) is 20.8 Å². The van der Waals surface area contributed by atoms with Crippen LogP contribution in [0.3, 0.4) is 0 Å². The van der Waals surface area contributed by atoms with Gasteiger partial charge in [-0.2, -0.15) is 4.31 Å². The number of nitro groups is 1. The highest BCUT2D eigenvalue weighted by molar-refractivity contribution is 7.89. The van der Waals surface area contributed by atoms with Gasteiger partial charge in [0.05, 0.1) is 4.92 Å². The molecular weight excluding hydrogens is 300 g/mol. The molecule has 0 saturated heterocycles. The number of para-hydroxylation sites is 1. The summed E-state index contributed by atoms with van der Waals surface area (Å²) < 4.78 is 25.9. The molecule has 0 heterocycles. The van der Waals surface area contributed by atoms with E-state index >= 15 is 0 Å². The van der Waals surface area contributed by atoms with Gasteiger partial charge in [0.1, 0.15) is 5.54 Å². The number of nitro benzene ring substituents is 1. The van der Waals surface area contributed by atoms with Crippen LogP contribution in [0.4, 0.5) is 5.69 Å². The number of carboxylic acids is 1. The Bertz CT molecular complexity index is 668. The van der Waals surface area contributed by atoms with Gasteiger partial charge in [-0.3, -0.25) is 14.9 Å². The minimum atomic E-state index is -4.32. The van der Waals surface area contributed by atoms with Crippen molar-refractivity contribution in [3.05, 3.63) is 34.4 Å². The Balaban J connectivity index is 3.54.